The normalized spacial score (nSPS) is 18.5. The van der Waals surface area contributed by atoms with Crippen molar-refractivity contribution < 1.29 is 9.18 Å². The van der Waals surface area contributed by atoms with Crippen LogP contribution in [0, 0.1) is 5.82 Å². The van der Waals surface area contributed by atoms with E-state index in [0.29, 0.717) is 11.0 Å². The minimum absolute atomic E-state index is 0.0796. The molecule has 2 heterocycles. The predicted molar refractivity (Wildman–Crippen MR) is 95.4 cm³/mol. The van der Waals surface area contributed by atoms with Gasteiger partial charge in [-0.15, -0.1) is 11.3 Å². The first-order valence-electron chi connectivity index (χ1n) is 7.71. The molecule has 1 aromatic heterocycles. The van der Waals surface area contributed by atoms with Gasteiger partial charge in [0.05, 0.1) is 11.7 Å². The van der Waals surface area contributed by atoms with Crippen LogP contribution in [0.5, 0.6) is 0 Å². The number of thiophene rings is 1. The molecule has 1 aliphatic rings. The zero-order valence-corrected chi connectivity index (χ0v) is 15.0. The number of benzene rings is 1. The molecule has 6 heteroatoms. The summed E-state index contributed by atoms with van der Waals surface area (Å²) in [6.07, 6.45) is 4.17. The standard InChI is InChI=1S/C17H18BrFN2OS/c18-12-7-8-14(13(19)11-12)20-17(22)21-9-3-1-2-5-15(21)16-6-4-10-23-16/h4,6-8,10-11,15H,1-3,5,9H2,(H,20,22)/t15-/m0/s1. The van der Waals surface area contributed by atoms with Crippen LogP contribution in [0.15, 0.2) is 40.2 Å². The average molecular weight is 397 g/mol. The van der Waals surface area contributed by atoms with E-state index in [9.17, 15) is 9.18 Å². The largest absolute Gasteiger partial charge is 0.322 e. The number of hydrogen-bond acceptors (Lipinski definition) is 2. The smallest absolute Gasteiger partial charge is 0.317 e. The number of amides is 2. The first kappa shape index (κ1) is 16.5. The maximum atomic E-state index is 14.0. The van der Waals surface area contributed by atoms with Crippen molar-refractivity contribution in [3.63, 3.8) is 0 Å². The molecule has 122 valence electrons. The van der Waals surface area contributed by atoms with E-state index in [-0.39, 0.29) is 17.8 Å². The molecular formula is C17H18BrFN2OS. The molecule has 2 aromatic rings. The van der Waals surface area contributed by atoms with Gasteiger partial charge in [0, 0.05) is 15.9 Å². The summed E-state index contributed by atoms with van der Waals surface area (Å²) in [5.41, 5.74) is 0.215. The maximum Gasteiger partial charge on any atom is 0.322 e. The number of carbonyl (C=O) groups excluding carboxylic acids is 1. The minimum Gasteiger partial charge on any atom is -0.317 e. The minimum atomic E-state index is -0.435. The molecule has 1 aliphatic heterocycles. The Labute approximate surface area is 147 Å². The van der Waals surface area contributed by atoms with Crippen LogP contribution in [-0.2, 0) is 0 Å². The van der Waals surface area contributed by atoms with Crippen LogP contribution < -0.4 is 5.32 Å². The second-order valence-electron chi connectivity index (χ2n) is 5.63. The Morgan fingerprint density at radius 3 is 2.91 bits per heavy atom. The number of urea groups is 1. The Morgan fingerprint density at radius 2 is 2.17 bits per heavy atom. The van der Waals surface area contributed by atoms with E-state index in [1.165, 1.54) is 10.9 Å². The average Bonchev–Trinajstić information content (AvgIpc) is 2.94. The molecule has 3 nitrogen and oxygen atoms in total. The number of anilines is 1. The van der Waals surface area contributed by atoms with Crippen LogP contribution in [0.4, 0.5) is 14.9 Å². The van der Waals surface area contributed by atoms with Crippen LogP contribution in [0.25, 0.3) is 0 Å². The van der Waals surface area contributed by atoms with Crippen molar-refractivity contribution in [1.29, 1.82) is 0 Å². The van der Waals surface area contributed by atoms with Crippen molar-refractivity contribution in [3.8, 4) is 0 Å². The van der Waals surface area contributed by atoms with Gasteiger partial charge >= 0.3 is 6.03 Å². The molecule has 1 N–H and O–H groups in total. The number of carbonyl (C=O) groups is 1. The molecule has 1 saturated heterocycles. The monoisotopic (exact) mass is 396 g/mol. The molecule has 0 radical (unpaired) electrons. The molecule has 23 heavy (non-hydrogen) atoms. The van der Waals surface area contributed by atoms with E-state index in [0.717, 1.165) is 25.7 Å². The molecule has 1 fully saturated rings. The topological polar surface area (TPSA) is 32.3 Å². The van der Waals surface area contributed by atoms with Gasteiger partial charge in [-0.2, -0.15) is 0 Å². The summed E-state index contributed by atoms with van der Waals surface area (Å²) in [7, 11) is 0. The van der Waals surface area contributed by atoms with E-state index in [2.05, 4.69) is 27.3 Å². The summed E-state index contributed by atoms with van der Waals surface area (Å²) >= 11 is 4.89. The highest BCUT2D eigenvalue weighted by atomic mass is 79.9. The highest BCUT2D eigenvalue weighted by Crippen LogP contribution is 2.33. The van der Waals surface area contributed by atoms with Gasteiger partial charge in [-0.25, -0.2) is 9.18 Å². The van der Waals surface area contributed by atoms with Gasteiger partial charge in [-0.05, 0) is 42.5 Å². The lowest BCUT2D eigenvalue weighted by Gasteiger charge is -2.29. The summed E-state index contributed by atoms with van der Waals surface area (Å²) < 4.78 is 14.6. The summed E-state index contributed by atoms with van der Waals surface area (Å²) in [6.45, 7) is 0.701. The van der Waals surface area contributed by atoms with Crippen molar-refractivity contribution in [2.45, 2.75) is 31.7 Å². The third kappa shape index (κ3) is 3.93. The number of rotatable bonds is 2. The first-order valence-corrected chi connectivity index (χ1v) is 9.38. The van der Waals surface area contributed by atoms with E-state index in [4.69, 9.17) is 0 Å². The number of hydrogen-bond donors (Lipinski definition) is 1. The summed E-state index contributed by atoms with van der Waals surface area (Å²) in [5.74, 6) is -0.435. The second kappa shape index (κ2) is 7.45. The number of nitrogens with zero attached hydrogens (tertiary/aromatic N) is 1. The SMILES string of the molecule is O=C(Nc1ccc(Br)cc1F)N1CCCCC[C@H]1c1cccs1. The van der Waals surface area contributed by atoms with Gasteiger partial charge in [0.2, 0.25) is 0 Å². The Morgan fingerprint density at radius 1 is 1.30 bits per heavy atom. The van der Waals surface area contributed by atoms with Crippen molar-refractivity contribution in [2.75, 3.05) is 11.9 Å². The third-order valence-corrected chi connectivity index (χ3v) is 5.52. The molecule has 1 aromatic carbocycles. The van der Waals surface area contributed by atoms with Gasteiger partial charge < -0.3 is 10.2 Å². The van der Waals surface area contributed by atoms with Crippen molar-refractivity contribution in [2.24, 2.45) is 0 Å². The molecule has 0 aliphatic carbocycles. The van der Waals surface area contributed by atoms with Crippen LogP contribution in [0.3, 0.4) is 0 Å². The molecule has 2 amide bonds. The van der Waals surface area contributed by atoms with E-state index in [1.807, 2.05) is 16.3 Å². The first-order chi connectivity index (χ1) is 11.1. The molecule has 0 unspecified atom stereocenters. The van der Waals surface area contributed by atoms with Crippen LogP contribution >= 0.6 is 27.3 Å². The Kier molecular flexibility index (Phi) is 5.33. The molecule has 0 bridgehead atoms. The highest BCUT2D eigenvalue weighted by molar-refractivity contribution is 9.10. The van der Waals surface area contributed by atoms with E-state index < -0.39 is 5.82 Å². The van der Waals surface area contributed by atoms with Crippen molar-refractivity contribution in [1.82, 2.24) is 4.90 Å². The lowest BCUT2D eigenvalue weighted by Crippen LogP contribution is -2.38. The van der Waals surface area contributed by atoms with Crippen molar-refractivity contribution >= 4 is 39.0 Å². The molecule has 1 atom stereocenters. The van der Waals surface area contributed by atoms with Gasteiger partial charge in [0.1, 0.15) is 5.82 Å². The fraction of sp³-hybridized carbons (Fsp3) is 0.353. The molecular weight excluding hydrogens is 379 g/mol. The highest BCUT2D eigenvalue weighted by Gasteiger charge is 2.27. The predicted octanol–water partition coefficient (Wildman–Crippen LogP) is 5.80. The number of likely N-dealkylation sites (tertiary alicyclic amines) is 1. The quantitative estimate of drug-likeness (QED) is 0.683. The van der Waals surface area contributed by atoms with Gasteiger partial charge in [0.25, 0.3) is 0 Å². The van der Waals surface area contributed by atoms with Crippen LogP contribution in [-0.4, -0.2) is 17.5 Å². The zero-order chi connectivity index (χ0) is 16.2. The lowest BCUT2D eigenvalue weighted by molar-refractivity contribution is 0.190. The molecule has 0 spiro atoms. The summed E-state index contributed by atoms with van der Waals surface area (Å²) in [5, 5.41) is 4.76. The van der Waals surface area contributed by atoms with Crippen LogP contribution in [0.2, 0.25) is 0 Å². The van der Waals surface area contributed by atoms with Gasteiger partial charge in [0.15, 0.2) is 0 Å². The molecule has 3 rings (SSSR count). The van der Waals surface area contributed by atoms with E-state index >= 15 is 0 Å². The van der Waals surface area contributed by atoms with Crippen LogP contribution in [0.1, 0.15) is 36.6 Å². The second-order valence-corrected chi connectivity index (χ2v) is 7.52. The van der Waals surface area contributed by atoms with Gasteiger partial charge in [-0.3, -0.25) is 0 Å². The summed E-state index contributed by atoms with van der Waals surface area (Å²) in [6, 6.07) is 8.58. The molecule has 0 saturated carbocycles. The lowest BCUT2D eigenvalue weighted by atomic mass is 10.1. The third-order valence-electron chi connectivity index (χ3n) is 4.06. The maximum absolute atomic E-state index is 14.0. The number of halogens is 2. The van der Waals surface area contributed by atoms with Crippen molar-refractivity contribution in [3.05, 3.63) is 50.9 Å². The fourth-order valence-corrected chi connectivity index (χ4v) is 4.11. The number of nitrogens with one attached hydrogen (secondary N) is 1. The zero-order valence-electron chi connectivity index (χ0n) is 12.6. The fourth-order valence-electron chi connectivity index (χ4n) is 2.91. The Bertz CT molecular complexity index is 677. The Balaban J connectivity index is 1.80. The van der Waals surface area contributed by atoms with E-state index in [1.54, 1.807) is 23.5 Å². The summed E-state index contributed by atoms with van der Waals surface area (Å²) in [4.78, 5) is 15.7. The van der Waals surface area contributed by atoms with Gasteiger partial charge in [-0.1, -0.05) is 34.8 Å². The Hall–Kier alpha value is -1.40.